The van der Waals surface area contributed by atoms with Gasteiger partial charge in [-0.05, 0) is 48.4 Å². The van der Waals surface area contributed by atoms with Crippen molar-refractivity contribution in [1.82, 2.24) is 0 Å². The second kappa shape index (κ2) is 11.1. The van der Waals surface area contributed by atoms with Gasteiger partial charge in [-0.3, -0.25) is 0 Å². The smallest absolute Gasteiger partial charge is 0.0896 e. The Morgan fingerprint density at radius 3 is 2.14 bits per heavy atom. The maximum atomic E-state index is 8.14. The molecule has 0 saturated carbocycles. The van der Waals surface area contributed by atoms with Gasteiger partial charge in [-0.1, -0.05) is 58.0 Å². The normalized spacial score (nSPS) is 11.2. The lowest BCUT2D eigenvalue weighted by atomic mass is 10.0. The predicted octanol–water partition coefficient (Wildman–Crippen LogP) is 5.39. The molecule has 124 valence electrons. The quantitative estimate of drug-likeness (QED) is 0.714. The van der Waals surface area contributed by atoms with Crippen molar-refractivity contribution in [2.24, 2.45) is 11.8 Å². The third kappa shape index (κ3) is 9.41. The van der Waals surface area contributed by atoms with Crippen LogP contribution in [0.1, 0.15) is 52.7 Å². The summed E-state index contributed by atoms with van der Waals surface area (Å²) in [6.07, 6.45) is 1.84. The van der Waals surface area contributed by atoms with Crippen molar-refractivity contribution in [3.05, 3.63) is 48.2 Å². The molecule has 0 aliphatic carbocycles. The molecule has 22 heavy (non-hydrogen) atoms. The molecule has 0 radical (unpaired) electrons. The van der Waals surface area contributed by atoms with Crippen LogP contribution in [0.25, 0.3) is 11.1 Å². The molecular weight excluding hydrogens is 272 g/mol. The van der Waals surface area contributed by atoms with E-state index in [1.54, 1.807) is 0 Å². The molecule has 0 aliphatic heterocycles. The van der Waals surface area contributed by atoms with Gasteiger partial charge in [-0.2, -0.15) is 0 Å². The molecule has 0 aliphatic rings. The fraction of sp³-hybridized carbons (Fsp3) is 0.500. The summed E-state index contributed by atoms with van der Waals surface area (Å²) in [5.74, 6) is 0.996. The van der Waals surface area contributed by atoms with Crippen LogP contribution in [0.2, 0.25) is 0 Å². The second-order valence-corrected chi connectivity index (χ2v) is 6.47. The molecule has 0 aromatic heterocycles. The van der Waals surface area contributed by atoms with Crippen molar-refractivity contribution in [3.8, 4) is 0 Å². The average molecular weight is 304 g/mol. The van der Waals surface area contributed by atoms with Gasteiger partial charge in [-0.15, -0.1) is 0 Å². The zero-order chi connectivity index (χ0) is 17.1. The topological polar surface area (TPSA) is 29.5 Å². The zero-order valence-electron chi connectivity index (χ0n) is 15.0. The maximum Gasteiger partial charge on any atom is 0.0896 e. The predicted molar refractivity (Wildman–Crippen MR) is 97.5 cm³/mol. The van der Waals surface area contributed by atoms with Gasteiger partial charge in [0, 0.05) is 6.61 Å². The second-order valence-electron chi connectivity index (χ2n) is 6.47. The van der Waals surface area contributed by atoms with E-state index >= 15 is 0 Å². The summed E-state index contributed by atoms with van der Waals surface area (Å²) in [6.45, 7) is 17.3. The molecule has 1 aromatic rings. The molecule has 0 amide bonds. The van der Waals surface area contributed by atoms with E-state index in [0.29, 0.717) is 18.4 Å². The summed E-state index contributed by atoms with van der Waals surface area (Å²) in [5, 5.41) is 8.14. The highest BCUT2D eigenvalue weighted by molar-refractivity contribution is 5.69. The maximum absolute atomic E-state index is 8.14. The Hall–Kier alpha value is -1.54. The summed E-state index contributed by atoms with van der Waals surface area (Å²) in [7, 11) is 0. The number of rotatable bonds is 6. The van der Waals surface area contributed by atoms with E-state index in [2.05, 4.69) is 51.6 Å². The first-order valence-electron chi connectivity index (χ1n) is 7.93. The number of ether oxygens (including phenoxy) is 1. The summed E-state index contributed by atoms with van der Waals surface area (Å²) in [4.78, 5) is 0. The van der Waals surface area contributed by atoms with Crippen LogP contribution in [-0.4, -0.2) is 18.3 Å². The van der Waals surface area contributed by atoms with Crippen molar-refractivity contribution >= 4 is 11.1 Å². The molecule has 0 bridgehead atoms. The van der Waals surface area contributed by atoms with E-state index in [0.717, 1.165) is 17.8 Å². The Morgan fingerprint density at radius 2 is 1.68 bits per heavy atom. The van der Waals surface area contributed by atoms with Crippen molar-refractivity contribution in [2.75, 3.05) is 13.2 Å². The van der Waals surface area contributed by atoms with Crippen LogP contribution in [0, 0.1) is 11.8 Å². The molecule has 0 spiro atoms. The van der Waals surface area contributed by atoms with E-state index in [1.165, 1.54) is 11.1 Å². The molecule has 2 nitrogen and oxygen atoms in total. The number of hydrogen-bond acceptors (Lipinski definition) is 2. The SMILES string of the molecule is C=C(C)c1cccc(/C(C)=C/OCC(C)C)c1.CC(C)CO. The minimum absolute atomic E-state index is 0.306. The van der Waals surface area contributed by atoms with E-state index in [4.69, 9.17) is 9.84 Å². The highest BCUT2D eigenvalue weighted by Crippen LogP contribution is 2.19. The largest absolute Gasteiger partial charge is 0.501 e. The van der Waals surface area contributed by atoms with Gasteiger partial charge in [0.2, 0.25) is 0 Å². The van der Waals surface area contributed by atoms with Gasteiger partial charge in [0.25, 0.3) is 0 Å². The fourth-order valence-electron chi connectivity index (χ4n) is 1.46. The van der Waals surface area contributed by atoms with E-state index in [9.17, 15) is 0 Å². The Morgan fingerprint density at radius 1 is 1.14 bits per heavy atom. The lowest BCUT2D eigenvalue weighted by Gasteiger charge is -2.08. The molecule has 0 fully saturated rings. The Kier molecular flexibility index (Phi) is 10.3. The number of benzene rings is 1. The molecule has 0 unspecified atom stereocenters. The average Bonchev–Trinajstić information content (AvgIpc) is 2.47. The third-order valence-corrected chi connectivity index (χ3v) is 2.87. The van der Waals surface area contributed by atoms with Gasteiger partial charge in [0.15, 0.2) is 0 Å². The van der Waals surface area contributed by atoms with Crippen LogP contribution in [0.5, 0.6) is 0 Å². The van der Waals surface area contributed by atoms with Crippen LogP contribution in [0.4, 0.5) is 0 Å². The van der Waals surface area contributed by atoms with Crippen LogP contribution in [0.15, 0.2) is 37.1 Å². The number of aliphatic hydroxyl groups is 1. The molecule has 0 atom stereocenters. The molecule has 0 heterocycles. The highest BCUT2D eigenvalue weighted by Gasteiger charge is 1.99. The first kappa shape index (κ1) is 20.5. The first-order chi connectivity index (χ1) is 10.3. The molecule has 0 saturated heterocycles. The standard InChI is InChI=1S/C16H22O.C4H10O/c1-12(2)10-17-11-14(5)16-8-6-7-15(9-16)13(3)4;1-4(2)3-5/h6-9,11-12H,3,10H2,1-2,4-5H3;4-5H,3H2,1-2H3/b14-11+;. The van der Waals surface area contributed by atoms with Crippen LogP contribution < -0.4 is 0 Å². The third-order valence-electron chi connectivity index (χ3n) is 2.87. The van der Waals surface area contributed by atoms with Crippen LogP contribution >= 0.6 is 0 Å². The van der Waals surface area contributed by atoms with Crippen molar-refractivity contribution < 1.29 is 9.84 Å². The minimum atomic E-state index is 0.306. The summed E-state index contributed by atoms with van der Waals surface area (Å²) >= 11 is 0. The van der Waals surface area contributed by atoms with E-state index < -0.39 is 0 Å². The number of hydrogen-bond donors (Lipinski definition) is 1. The monoisotopic (exact) mass is 304 g/mol. The lowest BCUT2D eigenvalue weighted by Crippen LogP contribution is -1.97. The highest BCUT2D eigenvalue weighted by atomic mass is 16.5. The Balaban J connectivity index is 0.000000763. The van der Waals surface area contributed by atoms with Crippen LogP contribution in [-0.2, 0) is 4.74 Å². The summed E-state index contributed by atoms with van der Waals surface area (Å²) < 4.78 is 5.53. The van der Waals surface area contributed by atoms with Gasteiger partial charge in [0.1, 0.15) is 0 Å². The molecular formula is C20H32O2. The fourth-order valence-corrected chi connectivity index (χ4v) is 1.46. The minimum Gasteiger partial charge on any atom is -0.501 e. The molecule has 1 rings (SSSR count). The van der Waals surface area contributed by atoms with Gasteiger partial charge in [0.05, 0.1) is 12.9 Å². The van der Waals surface area contributed by atoms with E-state index in [-0.39, 0.29) is 0 Å². The van der Waals surface area contributed by atoms with Crippen molar-refractivity contribution in [1.29, 1.82) is 0 Å². The first-order valence-corrected chi connectivity index (χ1v) is 7.93. The molecule has 2 heteroatoms. The van der Waals surface area contributed by atoms with Gasteiger partial charge < -0.3 is 9.84 Å². The van der Waals surface area contributed by atoms with E-state index in [1.807, 2.05) is 27.0 Å². The summed E-state index contributed by atoms with van der Waals surface area (Å²) in [5.41, 5.74) is 4.60. The van der Waals surface area contributed by atoms with Crippen molar-refractivity contribution in [3.63, 3.8) is 0 Å². The van der Waals surface area contributed by atoms with Gasteiger partial charge in [-0.25, -0.2) is 0 Å². The molecule has 1 aromatic carbocycles. The molecule has 1 N–H and O–H groups in total. The number of aliphatic hydroxyl groups excluding tert-OH is 1. The number of allylic oxidation sites excluding steroid dienone is 2. The van der Waals surface area contributed by atoms with Crippen LogP contribution in [0.3, 0.4) is 0 Å². The summed E-state index contributed by atoms with van der Waals surface area (Å²) in [6, 6.07) is 8.37. The van der Waals surface area contributed by atoms with Gasteiger partial charge >= 0.3 is 0 Å². The Bertz CT molecular complexity index is 470. The lowest BCUT2D eigenvalue weighted by molar-refractivity contribution is 0.212. The Labute approximate surface area is 136 Å². The zero-order valence-corrected chi connectivity index (χ0v) is 15.0. The van der Waals surface area contributed by atoms with Crippen molar-refractivity contribution in [2.45, 2.75) is 41.5 Å².